The third-order valence-electron chi connectivity index (χ3n) is 4.98. The van der Waals surface area contributed by atoms with E-state index < -0.39 is 0 Å². The summed E-state index contributed by atoms with van der Waals surface area (Å²) >= 11 is 5.53. The zero-order valence-electron chi connectivity index (χ0n) is 14.4. The van der Waals surface area contributed by atoms with Crippen LogP contribution in [0.15, 0.2) is 65.1 Å². The molecule has 3 heteroatoms. The lowest BCUT2D eigenvalue weighted by atomic mass is 9.88. The summed E-state index contributed by atoms with van der Waals surface area (Å²) < 4.78 is 1.15. The molecule has 0 saturated heterocycles. The van der Waals surface area contributed by atoms with E-state index >= 15 is 0 Å². The number of aryl methyl sites for hydroxylation is 1. The van der Waals surface area contributed by atoms with E-state index in [2.05, 4.69) is 88.4 Å². The van der Waals surface area contributed by atoms with E-state index in [9.17, 15) is 0 Å². The summed E-state index contributed by atoms with van der Waals surface area (Å²) in [6.45, 7) is 5.55. The molecule has 0 spiro atoms. The third kappa shape index (κ3) is 3.89. The van der Waals surface area contributed by atoms with Crippen LogP contribution < -0.4 is 0 Å². The fraction of sp³-hybridized carbons (Fsp3) is 0.273. The number of hydrogen-bond donors (Lipinski definition) is 0. The van der Waals surface area contributed by atoms with Gasteiger partial charge in [-0.05, 0) is 48.2 Å². The second-order valence-corrected chi connectivity index (χ2v) is 9.07. The molecule has 0 N–H and O–H groups in total. The first kappa shape index (κ1) is 17.0. The molecule has 1 nitrogen and oxygen atoms in total. The van der Waals surface area contributed by atoms with Crippen LogP contribution >= 0.6 is 27.3 Å². The summed E-state index contributed by atoms with van der Waals surface area (Å²) in [7, 11) is 0. The van der Waals surface area contributed by atoms with Gasteiger partial charge in [-0.2, -0.15) is 0 Å². The Labute approximate surface area is 162 Å². The van der Waals surface area contributed by atoms with Gasteiger partial charge in [0.05, 0.1) is 0 Å². The number of halogens is 1. The highest BCUT2D eigenvalue weighted by atomic mass is 79.9. The molecule has 3 aromatic rings. The first-order valence-corrected chi connectivity index (χ1v) is 10.4. The van der Waals surface area contributed by atoms with Crippen LogP contribution in [0.3, 0.4) is 0 Å². The van der Waals surface area contributed by atoms with E-state index in [0.717, 1.165) is 30.5 Å². The highest BCUT2D eigenvalue weighted by molar-refractivity contribution is 9.10. The Balaban J connectivity index is 1.57. The monoisotopic (exact) mass is 411 g/mol. The summed E-state index contributed by atoms with van der Waals surface area (Å²) in [6.07, 6.45) is 1.12. The Morgan fingerprint density at radius 2 is 1.84 bits per heavy atom. The van der Waals surface area contributed by atoms with Crippen molar-refractivity contribution < 1.29 is 0 Å². The molecular formula is C22H22BrNS. The molecular weight excluding hydrogens is 390 g/mol. The minimum atomic E-state index is 0.484. The number of thiophene rings is 1. The van der Waals surface area contributed by atoms with Crippen LogP contribution in [-0.4, -0.2) is 18.0 Å². The first-order valence-electron chi connectivity index (χ1n) is 8.80. The van der Waals surface area contributed by atoms with Gasteiger partial charge in [0, 0.05) is 39.8 Å². The lowest BCUT2D eigenvalue weighted by molar-refractivity contribution is 0.247. The molecule has 128 valence electrons. The van der Waals surface area contributed by atoms with Crippen molar-refractivity contribution in [1.29, 1.82) is 0 Å². The molecule has 0 aliphatic carbocycles. The number of nitrogens with zero attached hydrogens (tertiary/aromatic N) is 1. The van der Waals surface area contributed by atoms with Crippen molar-refractivity contribution in [1.82, 2.24) is 4.90 Å². The van der Waals surface area contributed by atoms with Crippen LogP contribution in [-0.2, 0) is 13.0 Å². The van der Waals surface area contributed by atoms with Crippen molar-refractivity contribution in [2.45, 2.75) is 25.8 Å². The van der Waals surface area contributed by atoms with Crippen LogP contribution in [0.1, 0.15) is 32.4 Å². The minimum Gasteiger partial charge on any atom is -0.297 e. The van der Waals surface area contributed by atoms with E-state index in [-0.39, 0.29) is 0 Å². The Bertz CT molecular complexity index is 838. The van der Waals surface area contributed by atoms with Gasteiger partial charge < -0.3 is 0 Å². The summed E-state index contributed by atoms with van der Waals surface area (Å²) in [6, 6.07) is 22.1. The van der Waals surface area contributed by atoms with Gasteiger partial charge >= 0.3 is 0 Å². The van der Waals surface area contributed by atoms with Crippen molar-refractivity contribution in [3.8, 4) is 0 Å². The largest absolute Gasteiger partial charge is 0.297 e. The number of fused-ring (bicyclic) bond motifs is 1. The first-order chi connectivity index (χ1) is 12.2. The minimum absolute atomic E-state index is 0.484. The van der Waals surface area contributed by atoms with Crippen LogP contribution in [0, 0.1) is 6.92 Å². The van der Waals surface area contributed by atoms with E-state index in [1.807, 2.05) is 11.3 Å². The van der Waals surface area contributed by atoms with Gasteiger partial charge in [0.15, 0.2) is 0 Å². The number of hydrogen-bond acceptors (Lipinski definition) is 2. The van der Waals surface area contributed by atoms with Crippen LogP contribution in [0.2, 0.25) is 0 Å². The fourth-order valence-corrected chi connectivity index (χ4v) is 5.11. The zero-order chi connectivity index (χ0) is 17.2. The highest BCUT2D eigenvalue weighted by Crippen LogP contribution is 2.38. The van der Waals surface area contributed by atoms with E-state index in [0.29, 0.717) is 5.92 Å². The smallest absolute Gasteiger partial charge is 0.0331 e. The van der Waals surface area contributed by atoms with Crippen LogP contribution in [0.5, 0.6) is 0 Å². The Morgan fingerprint density at radius 3 is 2.60 bits per heavy atom. The Kier molecular flexibility index (Phi) is 5.07. The third-order valence-corrected chi connectivity index (χ3v) is 6.56. The van der Waals surface area contributed by atoms with Gasteiger partial charge in [-0.15, -0.1) is 11.3 Å². The van der Waals surface area contributed by atoms with E-state index in [1.165, 1.54) is 16.0 Å². The van der Waals surface area contributed by atoms with Crippen molar-refractivity contribution in [2.24, 2.45) is 0 Å². The van der Waals surface area contributed by atoms with Gasteiger partial charge in [-0.3, -0.25) is 4.90 Å². The molecule has 25 heavy (non-hydrogen) atoms. The summed E-state index contributed by atoms with van der Waals surface area (Å²) in [5.74, 6) is 0.484. The predicted molar refractivity (Wildman–Crippen MR) is 110 cm³/mol. The zero-order valence-corrected chi connectivity index (χ0v) is 16.8. The van der Waals surface area contributed by atoms with Gasteiger partial charge in [0.1, 0.15) is 0 Å². The van der Waals surface area contributed by atoms with Gasteiger partial charge in [-0.25, -0.2) is 0 Å². The number of benzene rings is 2. The summed E-state index contributed by atoms with van der Waals surface area (Å²) in [4.78, 5) is 5.60. The Hall–Kier alpha value is -1.42. The normalized spacial score (nSPS) is 17.4. The molecule has 1 aromatic heterocycles. The molecule has 1 unspecified atom stereocenters. The molecule has 0 amide bonds. The summed E-state index contributed by atoms with van der Waals surface area (Å²) in [5.41, 5.74) is 4.39. The average molecular weight is 412 g/mol. The number of rotatable bonds is 4. The van der Waals surface area contributed by atoms with Gasteiger partial charge in [0.2, 0.25) is 0 Å². The molecule has 0 saturated carbocycles. The molecule has 1 atom stereocenters. The lowest BCUT2D eigenvalue weighted by Crippen LogP contribution is -2.34. The maximum Gasteiger partial charge on any atom is 0.0331 e. The van der Waals surface area contributed by atoms with Crippen LogP contribution in [0.4, 0.5) is 0 Å². The summed E-state index contributed by atoms with van der Waals surface area (Å²) in [5, 5.41) is 0. The molecule has 0 fully saturated rings. The van der Waals surface area contributed by atoms with Crippen molar-refractivity contribution in [2.75, 3.05) is 13.1 Å². The van der Waals surface area contributed by atoms with Crippen molar-refractivity contribution >= 4 is 27.3 Å². The molecule has 1 aliphatic heterocycles. The molecule has 0 radical (unpaired) electrons. The average Bonchev–Trinajstić information content (AvgIpc) is 3.01. The van der Waals surface area contributed by atoms with Gasteiger partial charge in [-0.1, -0.05) is 58.4 Å². The van der Waals surface area contributed by atoms with E-state index in [1.54, 1.807) is 10.4 Å². The second kappa shape index (κ2) is 7.45. The quantitative estimate of drug-likeness (QED) is 0.507. The predicted octanol–water partition coefficient (Wildman–Crippen LogP) is 6.01. The molecule has 1 aliphatic rings. The fourth-order valence-electron chi connectivity index (χ4n) is 3.71. The maximum atomic E-state index is 3.56. The molecule has 2 heterocycles. The van der Waals surface area contributed by atoms with E-state index in [4.69, 9.17) is 0 Å². The second-order valence-electron chi connectivity index (χ2n) is 6.81. The molecule has 2 aromatic carbocycles. The molecule has 0 bridgehead atoms. The van der Waals surface area contributed by atoms with Crippen molar-refractivity contribution in [3.05, 3.63) is 91.6 Å². The van der Waals surface area contributed by atoms with Gasteiger partial charge in [0.25, 0.3) is 0 Å². The SMILES string of the molecule is Cc1cc2c(s1)CN(CCc1ccccc1)CC2c1ccc(Br)cc1. The Morgan fingerprint density at radius 1 is 1.08 bits per heavy atom. The van der Waals surface area contributed by atoms with Crippen molar-refractivity contribution in [3.63, 3.8) is 0 Å². The standard InChI is InChI=1S/C22H22BrNS/c1-16-13-20-21(18-7-9-19(23)10-8-18)14-24(15-22(20)25-16)12-11-17-5-3-2-4-6-17/h2-10,13,21H,11-12,14-15H2,1H3. The van der Waals surface area contributed by atoms with Crippen LogP contribution in [0.25, 0.3) is 0 Å². The lowest BCUT2D eigenvalue weighted by Gasteiger charge is -2.33. The molecule has 4 rings (SSSR count). The highest BCUT2D eigenvalue weighted by Gasteiger charge is 2.28. The topological polar surface area (TPSA) is 3.24 Å². The maximum absolute atomic E-state index is 3.56.